The second kappa shape index (κ2) is 11.6. The SMILES string of the molecule is CCCCCCN(C(=O)CC(C)CC(C)(C)C)C(CC)c1nc2ccccc2c(=O)n1C. The van der Waals surface area contributed by atoms with E-state index in [-0.39, 0.29) is 22.9 Å². The summed E-state index contributed by atoms with van der Waals surface area (Å²) in [5.74, 6) is 1.17. The van der Waals surface area contributed by atoms with Gasteiger partial charge in [0.15, 0.2) is 0 Å². The summed E-state index contributed by atoms with van der Waals surface area (Å²) in [6.45, 7) is 13.8. The zero-order chi connectivity index (χ0) is 23.9. The third kappa shape index (κ3) is 6.91. The van der Waals surface area contributed by atoms with Crippen LogP contribution in [0.4, 0.5) is 0 Å². The molecule has 0 saturated heterocycles. The van der Waals surface area contributed by atoms with Crippen LogP contribution in [0, 0.1) is 11.3 Å². The fourth-order valence-electron chi connectivity index (χ4n) is 4.77. The number of benzene rings is 1. The number of nitrogens with zero attached hydrogens (tertiary/aromatic N) is 3. The highest BCUT2D eigenvalue weighted by molar-refractivity contribution is 5.78. The van der Waals surface area contributed by atoms with E-state index in [0.29, 0.717) is 35.6 Å². The number of unbranched alkanes of at least 4 members (excludes halogenated alkanes) is 3. The molecule has 0 aliphatic rings. The monoisotopic (exact) mass is 441 g/mol. The minimum absolute atomic E-state index is 0.0523. The standard InChI is InChI=1S/C27H43N3O2/c1-8-10-11-14-17-30(24(31)18-20(3)19-27(4,5)6)23(9-2)25-28-22-16-13-12-15-21(22)26(32)29(25)7/h12-13,15-16,20,23H,8-11,14,17-19H2,1-7H3. The molecule has 0 spiro atoms. The van der Waals surface area contributed by atoms with Crippen molar-refractivity contribution in [3.63, 3.8) is 0 Å². The summed E-state index contributed by atoms with van der Waals surface area (Å²) >= 11 is 0. The molecule has 1 heterocycles. The number of carbonyl (C=O) groups excluding carboxylic acids is 1. The Balaban J connectivity index is 2.39. The van der Waals surface area contributed by atoms with Gasteiger partial charge in [0.2, 0.25) is 5.91 Å². The first-order chi connectivity index (χ1) is 15.1. The quantitative estimate of drug-likeness (QED) is 0.387. The molecule has 1 amide bonds. The Morgan fingerprint density at radius 2 is 1.81 bits per heavy atom. The Labute approximate surface area is 194 Å². The lowest BCUT2D eigenvalue weighted by Gasteiger charge is -2.33. The van der Waals surface area contributed by atoms with Crippen molar-refractivity contribution in [2.45, 2.75) is 92.5 Å². The highest BCUT2D eigenvalue weighted by Gasteiger charge is 2.29. The van der Waals surface area contributed by atoms with Crippen LogP contribution in [0.3, 0.4) is 0 Å². The average Bonchev–Trinajstić information content (AvgIpc) is 2.72. The van der Waals surface area contributed by atoms with E-state index < -0.39 is 0 Å². The average molecular weight is 442 g/mol. The van der Waals surface area contributed by atoms with Gasteiger partial charge in [0.25, 0.3) is 5.56 Å². The summed E-state index contributed by atoms with van der Waals surface area (Å²) in [5, 5.41) is 0.619. The Hall–Kier alpha value is -2.17. The molecular formula is C27H43N3O2. The molecule has 0 fully saturated rings. The molecule has 5 heteroatoms. The maximum atomic E-state index is 13.5. The molecule has 0 N–H and O–H groups in total. The summed E-state index contributed by atoms with van der Waals surface area (Å²) in [5.41, 5.74) is 0.839. The number of hydrogen-bond donors (Lipinski definition) is 0. The molecule has 0 bridgehead atoms. The van der Waals surface area contributed by atoms with Crippen LogP contribution in [-0.4, -0.2) is 26.9 Å². The molecule has 0 radical (unpaired) electrons. The fourth-order valence-corrected chi connectivity index (χ4v) is 4.77. The molecule has 5 nitrogen and oxygen atoms in total. The number of amides is 1. The smallest absolute Gasteiger partial charge is 0.261 e. The van der Waals surface area contributed by atoms with E-state index in [4.69, 9.17) is 4.98 Å². The number of aromatic nitrogens is 2. The third-order valence-corrected chi connectivity index (χ3v) is 6.14. The number of para-hydroxylation sites is 1. The van der Waals surface area contributed by atoms with Crippen molar-refractivity contribution in [1.82, 2.24) is 14.5 Å². The van der Waals surface area contributed by atoms with Crippen molar-refractivity contribution in [2.75, 3.05) is 6.54 Å². The number of fused-ring (bicyclic) bond motifs is 1. The largest absolute Gasteiger partial charge is 0.333 e. The van der Waals surface area contributed by atoms with Crippen molar-refractivity contribution in [2.24, 2.45) is 18.4 Å². The van der Waals surface area contributed by atoms with Crippen LogP contribution in [0.15, 0.2) is 29.1 Å². The predicted octanol–water partition coefficient (Wildman–Crippen LogP) is 6.26. The van der Waals surface area contributed by atoms with Gasteiger partial charge in [0.1, 0.15) is 5.82 Å². The molecule has 0 aliphatic carbocycles. The third-order valence-electron chi connectivity index (χ3n) is 6.14. The van der Waals surface area contributed by atoms with Gasteiger partial charge >= 0.3 is 0 Å². The summed E-state index contributed by atoms with van der Waals surface area (Å²) < 4.78 is 1.64. The Morgan fingerprint density at radius 3 is 2.44 bits per heavy atom. The molecular weight excluding hydrogens is 398 g/mol. The molecule has 2 atom stereocenters. The zero-order valence-corrected chi connectivity index (χ0v) is 21.3. The van der Waals surface area contributed by atoms with Gasteiger partial charge in [0.05, 0.1) is 16.9 Å². The van der Waals surface area contributed by atoms with Crippen molar-refractivity contribution >= 4 is 16.8 Å². The number of hydrogen-bond acceptors (Lipinski definition) is 3. The van der Waals surface area contributed by atoms with Gasteiger partial charge < -0.3 is 4.90 Å². The van der Waals surface area contributed by atoms with Gasteiger partial charge in [-0.25, -0.2) is 4.98 Å². The Morgan fingerprint density at radius 1 is 1.12 bits per heavy atom. The van der Waals surface area contributed by atoms with E-state index >= 15 is 0 Å². The van der Waals surface area contributed by atoms with Crippen LogP contribution in [0.5, 0.6) is 0 Å². The second-order valence-electron chi connectivity index (χ2n) is 10.5. The van der Waals surface area contributed by atoms with E-state index in [1.807, 2.05) is 29.2 Å². The van der Waals surface area contributed by atoms with Crippen molar-refractivity contribution < 1.29 is 4.79 Å². The molecule has 1 aromatic heterocycles. The number of rotatable bonds is 11. The molecule has 0 saturated carbocycles. The van der Waals surface area contributed by atoms with E-state index in [2.05, 4.69) is 41.5 Å². The number of carbonyl (C=O) groups is 1. The van der Waals surface area contributed by atoms with E-state index in [9.17, 15) is 9.59 Å². The van der Waals surface area contributed by atoms with E-state index in [1.54, 1.807) is 11.6 Å². The lowest BCUT2D eigenvalue weighted by atomic mass is 9.84. The maximum absolute atomic E-state index is 13.5. The van der Waals surface area contributed by atoms with Crippen LogP contribution >= 0.6 is 0 Å². The lowest BCUT2D eigenvalue weighted by Crippen LogP contribution is -2.39. The first-order valence-electron chi connectivity index (χ1n) is 12.3. The molecule has 2 aromatic rings. The summed E-state index contributed by atoms with van der Waals surface area (Å²) in [6, 6.07) is 7.26. The fraction of sp³-hybridized carbons (Fsp3) is 0.667. The van der Waals surface area contributed by atoms with Gasteiger partial charge in [-0.2, -0.15) is 0 Å². The van der Waals surface area contributed by atoms with Crippen LogP contribution in [-0.2, 0) is 11.8 Å². The summed E-state index contributed by atoms with van der Waals surface area (Å²) in [4.78, 5) is 33.4. The highest BCUT2D eigenvalue weighted by atomic mass is 16.2. The zero-order valence-electron chi connectivity index (χ0n) is 21.3. The van der Waals surface area contributed by atoms with Gasteiger partial charge in [-0.1, -0.05) is 72.9 Å². The van der Waals surface area contributed by atoms with E-state index in [1.165, 1.54) is 6.42 Å². The topological polar surface area (TPSA) is 55.2 Å². The van der Waals surface area contributed by atoms with Crippen molar-refractivity contribution in [3.8, 4) is 0 Å². The Kier molecular flexibility index (Phi) is 9.47. The molecule has 1 aromatic carbocycles. The molecule has 178 valence electrons. The first kappa shape index (κ1) is 26.1. The summed E-state index contributed by atoms with van der Waals surface area (Å²) in [6.07, 6.45) is 6.69. The highest BCUT2D eigenvalue weighted by Crippen LogP contribution is 2.29. The molecule has 32 heavy (non-hydrogen) atoms. The van der Waals surface area contributed by atoms with Gasteiger partial charge in [-0.3, -0.25) is 14.2 Å². The minimum Gasteiger partial charge on any atom is -0.333 e. The van der Waals surface area contributed by atoms with Crippen LogP contribution in [0.1, 0.15) is 98.4 Å². The molecule has 2 rings (SSSR count). The summed E-state index contributed by atoms with van der Waals surface area (Å²) in [7, 11) is 1.78. The normalized spacial score (nSPS) is 13.8. The molecule has 2 unspecified atom stereocenters. The van der Waals surface area contributed by atoms with Gasteiger partial charge in [0, 0.05) is 20.0 Å². The maximum Gasteiger partial charge on any atom is 0.261 e. The first-order valence-corrected chi connectivity index (χ1v) is 12.3. The van der Waals surface area contributed by atoms with Crippen LogP contribution in [0.2, 0.25) is 0 Å². The van der Waals surface area contributed by atoms with Crippen LogP contribution in [0.25, 0.3) is 10.9 Å². The van der Waals surface area contributed by atoms with E-state index in [0.717, 1.165) is 32.1 Å². The molecule has 0 aliphatic heterocycles. The minimum atomic E-state index is -0.201. The predicted molar refractivity (Wildman–Crippen MR) is 134 cm³/mol. The van der Waals surface area contributed by atoms with Crippen molar-refractivity contribution in [1.29, 1.82) is 0 Å². The van der Waals surface area contributed by atoms with Crippen molar-refractivity contribution in [3.05, 3.63) is 40.4 Å². The lowest BCUT2D eigenvalue weighted by molar-refractivity contribution is -0.135. The Bertz CT molecular complexity index is 942. The van der Waals surface area contributed by atoms with Gasteiger partial charge in [-0.15, -0.1) is 0 Å². The van der Waals surface area contributed by atoms with Gasteiger partial charge in [-0.05, 0) is 42.7 Å². The van der Waals surface area contributed by atoms with Crippen LogP contribution < -0.4 is 5.56 Å². The second-order valence-corrected chi connectivity index (χ2v) is 10.5.